The molecule has 0 fully saturated rings. The van der Waals surface area contributed by atoms with Crippen molar-refractivity contribution in [3.63, 3.8) is 0 Å². The van der Waals surface area contributed by atoms with Gasteiger partial charge in [-0.1, -0.05) is 56.3 Å². The molecule has 3 aromatic carbocycles. The third-order valence-electron chi connectivity index (χ3n) is 4.90. The highest BCUT2D eigenvalue weighted by Crippen LogP contribution is 2.28. The summed E-state index contributed by atoms with van der Waals surface area (Å²) >= 11 is 3.45. The Bertz CT molecular complexity index is 1080. The zero-order valence-corrected chi connectivity index (χ0v) is 20.3. The number of rotatable bonds is 10. The van der Waals surface area contributed by atoms with Crippen LogP contribution in [-0.4, -0.2) is 25.2 Å². The minimum atomic E-state index is -0.575. The van der Waals surface area contributed by atoms with Gasteiger partial charge in [0.15, 0.2) is 0 Å². The van der Waals surface area contributed by atoms with E-state index in [1.54, 1.807) is 42.5 Å². The zero-order chi connectivity index (χ0) is 23.6. The van der Waals surface area contributed by atoms with Crippen LogP contribution in [0.15, 0.2) is 77.3 Å². The maximum atomic E-state index is 12.7. The summed E-state index contributed by atoms with van der Waals surface area (Å²) in [5.74, 6) is 0.247. The molecule has 33 heavy (non-hydrogen) atoms. The summed E-state index contributed by atoms with van der Waals surface area (Å²) in [5, 5.41) is 0. The summed E-state index contributed by atoms with van der Waals surface area (Å²) in [7, 11) is 0. The van der Waals surface area contributed by atoms with Crippen molar-refractivity contribution in [2.75, 3.05) is 13.2 Å². The van der Waals surface area contributed by atoms with Crippen molar-refractivity contribution >= 4 is 27.9 Å². The van der Waals surface area contributed by atoms with E-state index in [1.807, 2.05) is 30.3 Å². The normalized spacial score (nSPS) is 10.7. The number of para-hydroxylation sites is 1. The number of benzene rings is 3. The van der Waals surface area contributed by atoms with E-state index in [9.17, 15) is 9.59 Å². The maximum absolute atomic E-state index is 12.7. The molecule has 0 N–H and O–H groups in total. The monoisotopic (exact) mass is 510 g/mol. The molecule has 0 unspecified atom stereocenters. The molecule has 0 heterocycles. The standard InChI is InChI=1S/C27H27BrO5/c1-19(2)14-16-31-25-13-12-21(18-23(25)28)26(29)33-24-11-7-6-10-22(24)27(30)32-17-15-20-8-4-3-5-9-20/h3-13,18-19H,14-17H2,1-2H3. The summed E-state index contributed by atoms with van der Waals surface area (Å²) < 4.78 is 17.3. The first-order chi connectivity index (χ1) is 15.9. The van der Waals surface area contributed by atoms with E-state index in [0.29, 0.717) is 34.7 Å². The van der Waals surface area contributed by atoms with Crippen molar-refractivity contribution in [2.45, 2.75) is 26.7 Å². The average Bonchev–Trinajstić information content (AvgIpc) is 2.81. The topological polar surface area (TPSA) is 61.8 Å². The largest absolute Gasteiger partial charge is 0.492 e. The predicted octanol–water partition coefficient (Wildman–Crippen LogP) is 6.49. The lowest BCUT2D eigenvalue weighted by Gasteiger charge is -2.12. The molecule has 0 aliphatic carbocycles. The molecule has 0 saturated heterocycles. The molecule has 0 bridgehead atoms. The lowest BCUT2D eigenvalue weighted by atomic mass is 10.1. The quantitative estimate of drug-likeness (QED) is 0.230. The third-order valence-corrected chi connectivity index (χ3v) is 5.52. The lowest BCUT2D eigenvalue weighted by Crippen LogP contribution is -2.14. The molecule has 0 amide bonds. The molecular weight excluding hydrogens is 484 g/mol. The SMILES string of the molecule is CC(C)CCOc1ccc(C(=O)Oc2ccccc2C(=O)OCCc2ccccc2)cc1Br. The molecule has 5 nitrogen and oxygen atoms in total. The fraction of sp³-hybridized carbons (Fsp3) is 0.259. The first kappa shape index (κ1) is 24.5. The average molecular weight is 511 g/mol. The van der Waals surface area contributed by atoms with Gasteiger partial charge in [-0.2, -0.15) is 0 Å². The maximum Gasteiger partial charge on any atom is 0.343 e. The van der Waals surface area contributed by atoms with Crippen LogP contribution >= 0.6 is 15.9 Å². The van der Waals surface area contributed by atoms with Crippen LogP contribution in [0.3, 0.4) is 0 Å². The lowest BCUT2D eigenvalue weighted by molar-refractivity contribution is 0.0504. The number of hydrogen-bond donors (Lipinski definition) is 0. The Balaban J connectivity index is 1.62. The Kier molecular flexibility index (Phi) is 9.07. The Morgan fingerprint density at radius 2 is 1.58 bits per heavy atom. The summed E-state index contributed by atoms with van der Waals surface area (Å²) in [4.78, 5) is 25.3. The van der Waals surface area contributed by atoms with E-state index >= 15 is 0 Å². The summed E-state index contributed by atoms with van der Waals surface area (Å²) in [6, 6.07) is 21.3. The number of carbonyl (C=O) groups is 2. The highest BCUT2D eigenvalue weighted by atomic mass is 79.9. The first-order valence-corrected chi connectivity index (χ1v) is 11.7. The molecule has 0 spiro atoms. The van der Waals surface area contributed by atoms with Gasteiger partial charge >= 0.3 is 11.9 Å². The van der Waals surface area contributed by atoms with E-state index in [1.165, 1.54) is 0 Å². The van der Waals surface area contributed by atoms with E-state index in [-0.39, 0.29) is 17.9 Å². The number of esters is 2. The van der Waals surface area contributed by atoms with Crippen LogP contribution in [0.1, 0.15) is 46.5 Å². The van der Waals surface area contributed by atoms with E-state index < -0.39 is 11.9 Å². The zero-order valence-electron chi connectivity index (χ0n) is 18.8. The first-order valence-electron chi connectivity index (χ1n) is 10.9. The van der Waals surface area contributed by atoms with Gasteiger partial charge in [0.2, 0.25) is 0 Å². The second-order valence-corrected chi connectivity index (χ2v) is 8.79. The van der Waals surface area contributed by atoms with Gasteiger partial charge in [0.25, 0.3) is 0 Å². The van der Waals surface area contributed by atoms with E-state index in [4.69, 9.17) is 14.2 Å². The smallest absolute Gasteiger partial charge is 0.343 e. The molecule has 172 valence electrons. The third kappa shape index (κ3) is 7.46. The van der Waals surface area contributed by atoms with Crippen molar-refractivity contribution < 1.29 is 23.8 Å². The second kappa shape index (κ2) is 12.2. The molecule has 0 saturated carbocycles. The fourth-order valence-electron chi connectivity index (χ4n) is 3.02. The highest BCUT2D eigenvalue weighted by molar-refractivity contribution is 9.10. The van der Waals surface area contributed by atoms with Gasteiger partial charge in [0.05, 0.1) is 23.2 Å². The van der Waals surface area contributed by atoms with Crippen LogP contribution in [0.5, 0.6) is 11.5 Å². The molecule has 0 aromatic heterocycles. The van der Waals surface area contributed by atoms with Gasteiger partial charge < -0.3 is 14.2 Å². The molecule has 0 aliphatic heterocycles. The number of halogens is 1. The van der Waals surface area contributed by atoms with Gasteiger partial charge in [0, 0.05) is 6.42 Å². The molecule has 0 radical (unpaired) electrons. The highest BCUT2D eigenvalue weighted by Gasteiger charge is 2.18. The molecule has 0 atom stereocenters. The molecule has 3 aromatic rings. The van der Waals surface area contributed by atoms with E-state index in [2.05, 4.69) is 29.8 Å². The minimum Gasteiger partial charge on any atom is -0.492 e. The van der Waals surface area contributed by atoms with Crippen molar-refractivity contribution in [1.29, 1.82) is 0 Å². The Morgan fingerprint density at radius 1 is 0.848 bits per heavy atom. The minimum absolute atomic E-state index is 0.153. The molecule has 0 aliphatic rings. The van der Waals surface area contributed by atoms with Gasteiger partial charge in [0.1, 0.15) is 17.1 Å². The number of carbonyl (C=O) groups excluding carboxylic acids is 2. The van der Waals surface area contributed by atoms with Crippen molar-refractivity contribution in [3.05, 3.63) is 94.0 Å². The van der Waals surface area contributed by atoms with Crippen molar-refractivity contribution in [1.82, 2.24) is 0 Å². The Morgan fingerprint density at radius 3 is 2.30 bits per heavy atom. The van der Waals surface area contributed by atoms with Gasteiger partial charge in [-0.25, -0.2) is 9.59 Å². The summed E-state index contributed by atoms with van der Waals surface area (Å²) in [6.45, 7) is 5.10. The Hall–Kier alpha value is -3.12. The van der Waals surface area contributed by atoms with E-state index in [0.717, 1.165) is 12.0 Å². The van der Waals surface area contributed by atoms with Crippen LogP contribution in [0.4, 0.5) is 0 Å². The number of ether oxygens (including phenoxy) is 3. The van der Waals surface area contributed by atoms with Crippen LogP contribution in [0.2, 0.25) is 0 Å². The van der Waals surface area contributed by atoms with Crippen LogP contribution in [0.25, 0.3) is 0 Å². The van der Waals surface area contributed by atoms with Gasteiger partial charge in [-0.05, 0) is 64.2 Å². The van der Waals surface area contributed by atoms with Crippen molar-refractivity contribution in [3.8, 4) is 11.5 Å². The van der Waals surface area contributed by atoms with Crippen LogP contribution in [-0.2, 0) is 11.2 Å². The van der Waals surface area contributed by atoms with Crippen LogP contribution in [0, 0.1) is 5.92 Å². The predicted molar refractivity (Wildman–Crippen MR) is 131 cm³/mol. The van der Waals surface area contributed by atoms with Crippen LogP contribution < -0.4 is 9.47 Å². The van der Waals surface area contributed by atoms with Gasteiger partial charge in [-0.15, -0.1) is 0 Å². The van der Waals surface area contributed by atoms with Gasteiger partial charge in [-0.3, -0.25) is 0 Å². The second-order valence-electron chi connectivity index (χ2n) is 7.93. The Labute approximate surface area is 202 Å². The molecule has 6 heteroatoms. The van der Waals surface area contributed by atoms with Crippen molar-refractivity contribution in [2.24, 2.45) is 5.92 Å². The fourth-order valence-corrected chi connectivity index (χ4v) is 3.51. The number of hydrogen-bond acceptors (Lipinski definition) is 5. The molecular formula is C27H27BrO5. The summed E-state index contributed by atoms with van der Waals surface area (Å²) in [6.07, 6.45) is 1.54. The molecule has 3 rings (SSSR count). The summed E-state index contributed by atoms with van der Waals surface area (Å²) in [5.41, 5.74) is 1.61.